The van der Waals surface area contributed by atoms with Gasteiger partial charge < -0.3 is 10.1 Å². The highest BCUT2D eigenvalue weighted by Crippen LogP contribution is 2.30. The predicted molar refractivity (Wildman–Crippen MR) is 72.8 cm³/mol. The highest BCUT2D eigenvalue weighted by atomic mass is 16.5. The Labute approximate surface area is 111 Å². The summed E-state index contributed by atoms with van der Waals surface area (Å²) in [7, 11) is 4.41. The number of nitrogens with one attached hydrogen (secondary N) is 1. The van der Waals surface area contributed by atoms with E-state index in [0.717, 1.165) is 31.7 Å². The number of hydrogen-bond donors (Lipinski definition) is 1. The fourth-order valence-corrected chi connectivity index (χ4v) is 4.06. The van der Waals surface area contributed by atoms with Crippen LogP contribution >= 0.6 is 0 Å². The van der Waals surface area contributed by atoms with Crippen LogP contribution in [0.3, 0.4) is 0 Å². The molecule has 0 aromatic rings. The molecule has 4 heteroatoms. The highest BCUT2D eigenvalue weighted by Gasteiger charge is 2.38. The van der Waals surface area contributed by atoms with Gasteiger partial charge in [-0.1, -0.05) is 0 Å². The molecular weight excluding hydrogens is 226 g/mol. The number of ether oxygens (including phenoxy) is 1. The molecule has 3 rings (SSSR count). The Kier molecular flexibility index (Phi) is 3.89. The van der Waals surface area contributed by atoms with Crippen molar-refractivity contribution in [1.82, 2.24) is 15.1 Å². The zero-order valence-corrected chi connectivity index (χ0v) is 11.8. The molecule has 0 saturated carbocycles. The first-order chi connectivity index (χ1) is 8.79. The van der Waals surface area contributed by atoms with E-state index in [0.29, 0.717) is 12.1 Å². The molecule has 0 aliphatic carbocycles. The van der Waals surface area contributed by atoms with E-state index in [1.54, 1.807) is 0 Å². The molecule has 0 spiro atoms. The molecule has 18 heavy (non-hydrogen) atoms. The minimum atomic E-state index is 0.580. The van der Waals surface area contributed by atoms with Gasteiger partial charge in [0.1, 0.15) is 0 Å². The van der Waals surface area contributed by atoms with Crippen LogP contribution in [0.4, 0.5) is 0 Å². The third kappa shape index (κ3) is 2.31. The number of likely N-dealkylation sites (tertiary alicyclic amines) is 1. The smallest absolute Gasteiger partial charge is 0.0637 e. The predicted octanol–water partition coefficient (Wildman–Crippen LogP) is 0.532. The van der Waals surface area contributed by atoms with Crippen molar-refractivity contribution < 1.29 is 4.74 Å². The molecule has 0 radical (unpaired) electrons. The molecule has 4 atom stereocenters. The average Bonchev–Trinajstić information content (AvgIpc) is 2.63. The lowest BCUT2D eigenvalue weighted by Gasteiger charge is -2.40. The van der Waals surface area contributed by atoms with Crippen LogP contribution in [-0.2, 0) is 4.74 Å². The zero-order valence-electron chi connectivity index (χ0n) is 11.8. The summed E-state index contributed by atoms with van der Waals surface area (Å²) in [5.74, 6) is 0. The van der Waals surface area contributed by atoms with Crippen molar-refractivity contribution in [1.29, 1.82) is 0 Å². The quantitative estimate of drug-likeness (QED) is 0.777. The first-order valence-electron chi connectivity index (χ1n) is 7.50. The van der Waals surface area contributed by atoms with Crippen molar-refractivity contribution in [3.8, 4) is 0 Å². The van der Waals surface area contributed by atoms with Gasteiger partial charge in [-0.15, -0.1) is 0 Å². The van der Waals surface area contributed by atoms with E-state index in [1.807, 2.05) is 0 Å². The van der Waals surface area contributed by atoms with Crippen LogP contribution in [0.1, 0.15) is 25.7 Å². The number of likely N-dealkylation sites (N-methyl/N-ethyl adjacent to an activating group) is 2. The zero-order chi connectivity index (χ0) is 12.5. The summed E-state index contributed by atoms with van der Waals surface area (Å²) in [5.41, 5.74) is 0. The van der Waals surface area contributed by atoms with Crippen molar-refractivity contribution in [2.45, 2.75) is 49.9 Å². The molecule has 3 saturated heterocycles. The molecule has 0 aromatic carbocycles. The van der Waals surface area contributed by atoms with Gasteiger partial charge in [-0.3, -0.25) is 9.80 Å². The normalized spacial score (nSPS) is 43.0. The lowest BCUT2D eigenvalue weighted by Crippen LogP contribution is -2.56. The van der Waals surface area contributed by atoms with Gasteiger partial charge in [0.2, 0.25) is 0 Å². The number of nitrogens with zero attached hydrogens (tertiary/aromatic N) is 2. The number of rotatable bonds is 2. The van der Waals surface area contributed by atoms with Crippen molar-refractivity contribution in [2.24, 2.45) is 0 Å². The van der Waals surface area contributed by atoms with Gasteiger partial charge in [0, 0.05) is 43.9 Å². The van der Waals surface area contributed by atoms with Crippen LogP contribution in [0.5, 0.6) is 0 Å². The van der Waals surface area contributed by atoms with E-state index in [2.05, 4.69) is 29.2 Å². The van der Waals surface area contributed by atoms with Crippen molar-refractivity contribution in [2.75, 3.05) is 40.4 Å². The van der Waals surface area contributed by atoms with E-state index in [4.69, 9.17) is 4.74 Å². The lowest BCUT2D eigenvalue weighted by molar-refractivity contribution is -0.00412. The van der Waals surface area contributed by atoms with Crippen LogP contribution < -0.4 is 5.32 Å². The van der Waals surface area contributed by atoms with Crippen molar-refractivity contribution >= 4 is 0 Å². The Morgan fingerprint density at radius 3 is 2.78 bits per heavy atom. The van der Waals surface area contributed by atoms with Crippen molar-refractivity contribution in [3.63, 3.8) is 0 Å². The van der Waals surface area contributed by atoms with Gasteiger partial charge >= 0.3 is 0 Å². The molecular formula is C14H27N3O. The van der Waals surface area contributed by atoms with Gasteiger partial charge in [0.05, 0.1) is 6.61 Å². The maximum atomic E-state index is 5.72. The van der Waals surface area contributed by atoms with Gasteiger partial charge in [-0.2, -0.15) is 0 Å². The first kappa shape index (κ1) is 12.9. The molecule has 3 aliphatic heterocycles. The second-order valence-corrected chi connectivity index (χ2v) is 6.16. The van der Waals surface area contributed by atoms with Crippen LogP contribution in [0.2, 0.25) is 0 Å². The minimum Gasteiger partial charge on any atom is -0.380 e. The third-order valence-corrected chi connectivity index (χ3v) is 5.35. The standard InChI is InChI=1S/C14H27N3O/c1-15-13-6-8-18-10-14(13)17-7-5-11-3-4-12(9-17)16(11)2/h11-15H,3-10H2,1-2H3. The Morgan fingerprint density at radius 2 is 1.94 bits per heavy atom. The second kappa shape index (κ2) is 5.45. The Balaban J connectivity index is 1.68. The SMILES string of the molecule is CNC1CCOCC1N1CCC2CCC(C1)N2C. The molecule has 4 nitrogen and oxygen atoms in total. The van der Waals surface area contributed by atoms with Crippen LogP contribution in [0, 0.1) is 0 Å². The highest BCUT2D eigenvalue weighted by molar-refractivity contribution is 4.95. The molecule has 0 aromatic heterocycles. The van der Waals surface area contributed by atoms with Crippen LogP contribution in [0.25, 0.3) is 0 Å². The van der Waals surface area contributed by atoms with E-state index in [-0.39, 0.29) is 0 Å². The summed E-state index contributed by atoms with van der Waals surface area (Å²) >= 11 is 0. The Bertz CT molecular complexity index is 286. The Hall–Kier alpha value is -0.160. The summed E-state index contributed by atoms with van der Waals surface area (Å²) in [6.07, 6.45) is 5.28. The van der Waals surface area contributed by atoms with Crippen molar-refractivity contribution in [3.05, 3.63) is 0 Å². The third-order valence-electron chi connectivity index (χ3n) is 5.35. The molecule has 104 valence electrons. The molecule has 2 bridgehead atoms. The van der Waals surface area contributed by atoms with Gasteiger partial charge in [0.25, 0.3) is 0 Å². The largest absolute Gasteiger partial charge is 0.380 e. The van der Waals surface area contributed by atoms with E-state index >= 15 is 0 Å². The molecule has 4 unspecified atom stereocenters. The minimum absolute atomic E-state index is 0.580. The number of hydrogen-bond acceptors (Lipinski definition) is 4. The molecule has 1 N–H and O–H groups in total. The molecule has 3 aliphatic rings. The fraction of sp³-hybridized carbons (Fsp3) is 1.00. The second-order valence-electron chi connectivity index (χ2n) is 6.16. The number of fused-ring (bicyclic) bond motifs is 2. The molecule has 3 heterocycles. The van der Waals surface area contributed by atoms with Gasteiger partial charge in [-0.05, 0) is 39.8 Å². The molecule has 3 fully saturated rings. The maximum absolute atomic E-state index is 5.72. The molecule has 0 amide bonds. The van der Waals surface area contributed by atoms with E-state index < -0.39 is 0 Å². The summed E-state index contributed by atoms with van der Waals surface area (Å²) in [6, 6.07) is 2.80. The van der Waals surface area contributed by atoms with Gasteiger partial charge in [-0.25, -0.2) is 0 Å². The van der Waals surface area contributed by atoms with Crippen LogP contribution in [-0.4, -0.2) is 74.4 Å². The first-order valence-corrected chi connectivity index (χ1v) is 7.50. The summed E-state index contributed by atoms with van der Waals surface area (Å²) in [5, 5.41) is 3.49. The average molecular weight is 253 g/mol. The summed E-state index contributed by atoms with van der Waals surface area (Å²) in [6.45, 7) is 4.31. The topological polar surface area (TPSA) is 27.7 Å². The lowest BCUT2D eigenvalue weighted by atomic mass is 9.99. The summed E-state index contributed by atoms with van der Waals surface area (Å²) < 4.78 is 5.72. The fourth-order valence-electron chi connectivity index (χ4n) is 4.06. The monoisotopic (exact) mass is 253 g/mol. The van der Waals surface area contributed by atoms with E-state index in [1.165, 1.54) is 32.4 Å². The Morgan fingerprint density at radius 1 is 1.11 bits per heavy atom. The summed E-state index contributed by atoms with van der Waals surface area (Å²) in [4.78, 5) is 5.32. The maximum Gasteiger partial charge on any atom is 0.0637 e. The van der Waals surface area contributed by atoms with Gasteiger partial charge in [0.15, 0.2) is 0 Å². The van der Waals surface area contributed by atoms with Crippen LogP contribution in [0.15, 0.2) is 0 Å². The van der Waals surface area contributed by atoms with E-state index in [9.17, 15) is 0 Å².